The van der Waals surface area contributed by atoms with E-state index < -0.39 is 16.5 Å². The standard InChI is InChI=1S/C49H76O6S/c1-4-7-10-13-16-19-22-25-40-52-43-28-34-46(35-29-43)56(55-49(50)51,47-36-30-44(31-37-47)53-41-26-23-20-17-14-11-8-5-2)48-38-32-45(33-39-48)54-42-27-24-21-18-15-12-9-6-3/h28-39H,4-27,40-42H2,1-3H3,(H,50,51). The summed E-state index contributed by atoms with van der Waals surface area (Å²) in [4.78, 5) is 14.9. The Morgan fingerprint density at radius 2 is 0.625 bits per heavy atom. The monoisotopic (exact) mass is 793 g/mol. The molecule has 0 saturated heterocycles. The molecule has 0 aliphatic heterocycles. The third kappa shape index (κ3) is 18.3. The summed E-state index contributed by atoms with van der Waals surface area (Å²) in [7, 11) is -2.68. The van der Waals surface area contributed by atoms with Gasteiger partial charge in [-0.05, 0) is 102 Å². The van der Waals surface area contributed by atoms with Crippen LogP contribution in [0.15, 0.2) is 87.5 Å². The van der Waals surface area contributed by atoms with Gasteiger partial charge in [-0.15, -0.1) is 0 Å². The van der Waals surface area contributed by atoms with E-state index in [1.165, 1.54) is 135 Å². The lowest BCUT2D eigenvalue weighted by molar-refractivity contribution is 0.150. The first-order chi connectivity index (χ1) is 27.5. The van der Waals surface area contributed by atoms with Crippen LogP contribution in [0.2, 0.25) is 0 Å². The molecule has 0 unspecified atom stereocenters. The van der Waals surface area contributed by atoms with Crippen molar-refractivity contribution < 1.29 is 28.3 Å². The van der Waals surface area contributed by atoms with Crippen LogP contribution in [0.5, 0.6) is 17.2 Å². The molecule has 0 fully saturated rings. The fraction of sp³-hybridized carbons (Fsp3) is 0.612. The van der Waals surface area contributed by atoms with Crippen LogP contribution in [0.25, 0.3) is 0 Å². The lowest BCUT2D eigenvalue weighted by atomic mass is 10.1. The Bertz CT molecular complexity index is 1230. The van der Waals surface area contributed by atoms with Crippen LogP contribution in [0.4, 0.5) is 4.79 Å². The molecule has 0 atom stereocenters. The zero-order chi connectivity index (χ0) is 39.9. The summed E-state index contributed by atoms with van der Waals surface area (Å²) >= 11 is 0. The predicted molar refractivity (Wildman–Crippen MR) is 235 cm³/mol. The van der Waals surface area contributed by atoms with E-state index in [1.54, 1.807) is 0 Å². The molecule has 3 aromatic carbocycles. The average Bonchev–Trinajstić information content (AvgIpc) is 3.21. The second-order valence-corrected chi connectivity index (χ2v) is 18.0. The van der Waals surface area contributed by atoms with Gasteiger partial charge in [0.2, 0.25) is 0 Å². The molecule has 0 bridgehead atoms. The number of carboxylic acid groups (broad SMARTS) is 1. The summed E-state index contributed by atoms with van der Waals surface area (Å²) in [5.41, 5.74) is 0. The van der Waals surface area contributed by atoms with Crippen LogP contribution in [0.3, 0.4) is 0 Å². The van der Waals surface area contributed by atoms with Gasteiger partial charge in [0.25, 0.3) is 0 Å². The summed E-state index contributed by atoms with van der Waals surface area (Å²) in [6.07, 6.45) is 28.7. The van der Waals surface area contributed by atoms with Gasteiger partial charge in [-0.25, -0.2) is 4.79 Å². The Hall–Kier alpha value is -3.32. The van der Waals surface area contributed by atoms with E-state index in [0.717, 1.165) is 51.2 Å². The molecule has 6 nitrogen and oxygen atoms in total. The summed E-state index contributed by atoms with van der Waals surface area (Å²) in [5, 5.41) is 10.3. The fourth-order valence-electron chi connectivity index (χ4n) is 7.12. The van der Waals surface area contributed by atoms with Crippen LogP contribution in [0, 0.1) is 0 Å². The second kappa shape index (κ2) is 29.9. The molecular weight excluding hydrogens is 717 g/mol. The van der Waals surface area contributed by atoms with Crippen LogP contribution < -0.4 is 14.2 Å². The van der Waals surface area contributed by atoms with Crippen LogP contribution in [-0.2, 0) is 4.18 Å². The molecular formula is C49H76O6S. The first kappa shape index (κ1) is 47.1. The average molecular weight is 793 g/mol. The minimum Gasteiger partial charge on any atom is -0.494 e. The normalized spacial score (nSPS) is 11.7. The van der Waals surface area contributed by atoms with Gasteiger partial charge in [-0.2, -0.15) is 0 Å². The Morgan fingerprint density at radius 3 is 0.857 bits per heavy atom. The van der Waals surface area contributed by atoms with E-state index in [2.05, 4.69) is 20.8 Å². The summed E-state index contributed by atoms with van der Waals surface area (Å²) in [6.45, 7) is 8.75. The van der Waals surface area contributed by atoms with E-state index >= 15 is 0 Å². The van der Waals surface area contributed by atoms with E-state index in [1.807, 2.05) is 72.8 Å². The summed E-state index contributed by atoms with van der Waals surface area (Å²) < 4.78 is 24.5. The summed E-state index contributed by atoms with van der Waals surface area (Å²) in [5.74, 6) is 2.32. The molecule has 0 aromatic heterocycles. The lowest BCUT2D eigenvalue weighted by Gasteiger charge is -2.38. The molecule has 0 aliphatic rings. The Kier molecular flexibility index (Phi) is 25.1. The number of rotatable bonds is 34. The lowest BCUT2D eigenvalue weighted by Crippen LogP contribution is -2.12. The van der Waals surface area contributed by atoms with Crippen molar-refractivity contribution >= 4 is 16.5 Å². The van der Waals surface area contributed by atoms with Gasteiger partial charge in [-0.3, -0.25) is 0 Å². The molecule has 0 radical (unpaired) electrons. The molecule has 3 aromatic rings. The largest absolute Gasteiger partial charge is 0.517 e. The first-order valence-corrected chi connectivity index (χ1v) is 24.0. The SMILES string of the molecule is CCCCCCCCCCOc1ccc(S(OC(=O)O)(c2ccc(OCCCCCCCCCC)cc2)c2ccc(OCCCCCCCCCC)cc2)cc1. The fourth-order valence-corrected chi connectivity index (χ4v) is 10.00. The predicted octanol–water partition coefficient (Wildman–Crippen LogP) is 16.1. The van der Waals surface area contributed by atoms with Crippen molar-refractivity contribution in [1.82, 2.24) is 0 Å². The minimum atomic E-state index is -2.68. The van der Waals surface area contributed by atoms with Crippen LogP contribution >= 0.6 is 10.3 Å². The Balaban J connectivity index is 1.71. The second-order valence-electron chi connectivity index (χ2n) is 15.3. The Morgan fingerprint density at radius 1 is 0.393 bits per heavy atom. The summed E-state index contributed by atoms with van der Waals surface area (Å²) in [6, 6.07) is 23.4. The van der Waals surface area contributed by atoms with Gasteiger partial charge in [-0.1, -0.05) is 156 Å². The highest BCUT2D eigenvalue weighted by atomic mass is 32.3. The van der Waals surface area contributed by atoms with Crippen molar-refractivity contribution in [2.75, 3.05) is 19.8 Å². The van der Waals surface area contributed by atoms with Gasteiger partial charge in [0.05, 0.1) is 19.8 Å². The number of hydrogen-bond donors (Lipinski definition) is 1. The van der Waals surface area contributed by atoms with Crippen LogP contribution in [0.1, 0.15) is 175 Å². The van der Waals surface area contributed by atoms with Gasteiger partial charge >= 0.3 is 6.16 Å². The van der Waals surface area contributed by atoms with Crippen molar-refractivity contribution in [2.24, 2.45) is 0 Å². The highest BCUT2D eigenvalue weighted by Crippen LogP contribution is 2.69. The first-order valence-electron chi connectivity index (χ1n) is 22.5. The number of carbonyl (C=O) groups is 1. The quantitative estimate of drug-likeness (QED) is 0.0607. The van der Waals surface area contributed by atoms with Gasteiger partial charge < -0.3 is 23.5 Å². The van der Waals surface area contributed by atoms with Gasteiger partial charge in [0.15, 0.2) is 0 Å². The number of benzene rings is 3. The zero-order valence-electron chi connectivity index (χ0n) is 35.4. The number of unbranched alkanes of at least 4 members (excludes halogenated alkanes) is 21. The molecule has 0 amide bonds. The van der Waals surface area contributed by atoms with Crippen molar-refractivity contribution in [3.05, 3.63) is 72.8 Å². The van der Waals surface area contributed by atoms with Gasteiger partial charge in [0.1, 0.15) is 17.2 Å². The molecule has 3 rings (SSSR count). The molecule has 1 N–H and O–H groups in total. The molecule has 56 heavy (non-hydrogen) atoms. The molecule has 0 heterocycles. The van der Waals surface area contributed by atoms with Crippen molar-refractivity contribution in [3.8, 4) is 17.2 Å². The highest BCUT2D eigenvalue weighted by Gasteiger charge is 2.36. The topological polar surface area (TPSA) is 74.2 Å². The highest BCUT2D eigenvalue weighted by molar-refractivity contribution is 8.30. The van der Waals surface area contributed by atoms with E-state index in [0.29, 0.717) is 19.8 Å². The molecule has 0 aliphatic carbocycles. The molecule has 0 saturated carbocycles. The van der Waals surface area contributed by atoms with E-state index in [9.17, 15) is 9.90 Å². The number of ether oxygens (including phenoxy) is 3. The van der Waals surface area contributed by atoms with Crippen molar-refractivity contribution in [2.45, 2.75) is 190 Å². The van der Waals surface area contributed by atoms with Crippen molar-refractivity contribution in [3.63, 3.8) is 0 Å². The number of hydrogen-bond acceptors (Lipinski definition) is 5. The maximum atomic E-state index is 12.6. The third-order valence-electron chi connectivity index (χ3n) is 10.5. The molecule has 314 valence electrons. The molecule has 0 spiro atoms. The van der Waals surface area contributed by atoms with Crippen molar-refractivity contribution in [1.29, 1.82) is 0 Å². The maximum absolute atomic E-state index is 12.6. The minimum absolute atomic E-state index is 0.665. The van der Waals surface area contributed by atoms with E-state index in [-0.39, 0.29) is 0 Å². The van der Waals surface area contributed by atoms with Gasteiger partial charge in [0, 0.05) is 14.7 Å². The van der Waals surface area contributed by atoms with E-state index in [4.69, 9.17) is 18.4 Å². The third-order valence-corrected chi connectivity index (χ3v) is 13.7. The molecule has 7 heteroatoms. The maximum Gasteiger partial charge on any atom is 0.517 e. The zero-order valence-corrected chi connectivity index (χ0v) is 36.2. The Labute approximate surface area is 343 Å². The smallest absolute Gasteiger partial charge is 0.494 e. The van der Waals surface area contributed by atoms with Crippen LogP contribution in [-0.4, -0.2) is 31.1 Å².